The van der Waals surface area contributed by atoms with Gasteiger partial charge in [0.05, 0.1) is 5.69 Å². The molecule has 0 aliphatic carbocycles. The number of rotatable bonds is 4. The van der Waals surface area contributed by atoms with Crippen molar-refractivity contribution in [1.82, 2.24) is 15.8 Å². The summed E-state index contributed by atoms with van der Waals surface area (Å²) in [6.45, 7) is 1.76. The summed E-state index contributed by atoms with van der Waals surface area (Å²) in [6, 6.07) is 14.4. The van der Waals surface area contributed by atoms with Crippen LogP contribution in [-0.2, 0) is 0 Å². The molecule has 0 bridgehead atoms. The Morgan fingerprint density at radius 3 is 2.39 bits per heavy atom. The molecular formula is C20H19ClN4O2S. The molecule has 28 heavy (non-hydrogen) atoms. The number of benzene rings is 2. The van der Waals surface area contributed by atoms with Gasteiger partial charge in [-0.1, -0.05) is 29.8 Å². The van der Waals surface area contributed by atoms with Crippen LogP contribution < -0.4 is 15.8 Å². The van der Waals surface area contributed by atoms with Crippen LogP contribution in [0, 0.1) is 6.92 Å². The number of nitrogens with zero attached hydrogens (tertiary/aromatic N) is 2. The summed E-state index contributed by atoms with van der Waals surface area (Å²) in [6.07, 6.45) is 0. The van der Waals surface area contributed by atoms with E-state index in [1.807, 2.05) is 37.2 Å². The lowest BCUT2D eigenvalue weighted by Gasteiger charge is -2.13. The van der Waals surface area contributed by atoms with Gasteiger partial charge in [0.25, 0.3) is 11.8 Å². The molecule has 0 radical (unpaired) electrons. The zero-order valence-electron chi connectivity index (χ0n) is 15.6. The highest BCUT2D eigenvalue weighted by atomic mass is 35.5. The van der Waals surface area contributed by atoms with Gasteiger partial charge in [-0.3, -0.25) is 20.4 Å². The number of thiazole rings is 1. The summed E-state index contributed by atoms with van der Waals surface area (Å²) >= 11 is 7.17. The molecule has 0 atom stereocenters. The van der Waals surface area contributed by atoms with Crippen molar-refractivity contribution >= 4 is 40.4 Å². The van der Waals surface area contributed by atoms with Crippen molar-refractivity contribution in [3.63, 3.8) is 0 Å². The van der Waals surface area contributed by atoms with Gasteiger partial charge in [0.1, 0.15) is 9.88 Å². The number of halogens is 1. The molecule has 144 valence electrons. The van der Waals surface area contributed by atoms with Crippen LogP contribution in [0.1, 0.15) is 25.7 Å². The molecule has 0 spiro atoms. The summed E-state index contributed by atoms with van der Waals surface area (Å²) in [5, 5.41) is 1.35. The number of hydrazine groups is 1. The predicted molar refractivity (Wildman–Crippen MR) is 113 cm³/mol. The molecule has 3 aromatic rings. The number of hydrogen-bond donors (Lipinski definition) is 2. The number of amides is 2. The molecule has 2 amide bonds. The molecular weight excluding hydrogens is 396 g/mol. The first-order valence-electron chi connectivity index (χ1n) is 8.46. The highest BCUT2D eigenvalue weighted by Crippen LogP contribution is 2.28. The third-order valence-corrected chi connectivity index (χ3v) is 5.47. The molecule has 0 unspecified atom stereocenters. The smallest absolute Gasteiger partial charge is 0.281 e. The molecule has 0 saturated heterocycles. The predicted octanol–water partition coefficient (Wildman–Crippen LogP) is 3.91. The first-order chi connectivity index (χ1) is 13.3. The number of carbonyl (C=O) groups excluding carboxylic acids is 2. The van der Waals surface area contributed by atoms with E-state index < -0.39 is 11.8 Å². The maximum Gasteiger partial charge on any atom is 0.281 e. The number of aryl methyl sites for hydroxylation is 1. The van der Waals surface area contributed by atoms with Crippen molar-refractivity contribution in [2.45, 2.75) is 6.92 Å². The van der Waals surface area contributed by atoms with Gasteiger partial charge in [-0.05, 0) is 37.3 Å². The van der Waals surface area contributed by atoms with Crippen LogP contribution >= 0.6 is 22.9 Å². The first kappa shape index (κ1) is 19.9. The average molecular weight is 415 g/mol. The molecule has 0 saturated carbocycles. The lowest BCUT2D eigenvalue weighted by atomic mass is 10.2. The maximum absolute atomic E-state index is 12.5. The van der Waals surface area contributed by atoms with E-state index in [4.69, 9.17) is 11.6 Å². The van der Waals surface area contributed by atoms with E-state index in [1.54, 1.807) is 37.3 Å². The minimum atomic E-state index is -0.410. The fourth-order valence-electron chi connectivity index (χ4n) is 2.49. The Morgan fingerprint density at radius 2 is 1.71 bits per heavy atom. The summed E-state index contributed by atoms with van der Waals surface area (Å²) in [5.41, 5.74) is 7.73. The van der Waals surface area contributed by atoms with Gasteiger partial charge in [-0.15, -0.1) is 11.3 Å². The molecule has 3 rings (SSSR count). The van der Waals surface area contributed by atoms with Gasteiger partial charge in [0, 0.05) is 35.9 Å². The van der Waals surface area contributed by atoms with Crippen LogP contribution in [0.2, 0.25) is 5.02 Å². The van der Waals surface area contributed by atoms with E-state index in [-0.39, 0.29) is 0 Å². The van der Waals surface area contributed by atoms with Crippen LogP contribution in [0.3, 0.4) is 0 Å². The van der Waals surface area contributed by atoms with E-state index in [0.29, 0.717) is 26.2 Å². The number of carbonyl (C=O) groups is 2. The van der Waals surface area contributed by atoms with E-state index in [2.05, 4.69) is 15.8 Å². The SMILES string of the molecule is Cc1nc(-c2ccc(Cl)cc2)sc1C(=O)NNC(=O)c1cccc(N(C)C)c1. The van der Waals surface area contributed by atoms with Crippen LogP contribution in [-0.4, -0.2) is 30.9 Å². The van der Waals surface area contributed by atoms with Crippen LogP contribution in [0.15, 0.2) is 48.5 Å². The zero-order valence-corrected chi connectivity index (χ0v) is 17.2. The van der Waals surface area contributed by atoms with Gasteiger partial charge in [-0.2, -0.15) is 0 Å². The highest BCUT2D eigenvalue weighted by Gasteiger charge is 2.17. The van der Waals surface area contributed by atoms with Crippen molar-refractivity contribution in [3.8, 4) is 10.6 Å². The van der Waals surface area contributed by atoms with Gasteiger partial charge < -0.3 is 4.90 Å². The second-order valence-electron chi connectivity index (χ2n) is 6.29. The second kappa shape index (κ2) is 8.41. The molecule has 0 aliphatic rings. The quantitative estimate of drug-likeness (QED) is 0.635. The molecule has 1 aromatic heterocycles. The molecule has 2 aromatic carbocycles. The van der Waals surface area contributed by atoms with Gasteiger partial charge in [0.15, 0.2) is 0 Å². The molecule has 0 aliphatic heterocycles. The van der Waals surface area contributed by atoms with Crippen LogP contribution in [0.25, 0.3) is 10.6 Å². The lowest BCUT2D eigenvalue weighted by molar-refractivity contribution is 0.0848. The normalized spacial score (nSPS) is 10.4. The monoisotopic (exact) mass is 414 g/mol. The van der Waals surface area contributed by atoms with Crippen molar-refractivity contribution < 1.29 is 9.59 Å². The third kappa shape index (κ3) is 4.49. The zero-order chi connectivity index (χ0) is 20.3. The molecule has 0 fully saturated rings. The summed E-state index contributed by atoms with van der Waals surface area (Å²) < 4.78 is 0. The Balaban J connectivity index is 1.69. The van der Waals surface area contributed by atoms with Crippen LogP contribution in [0.4, 0.5) is 5.69 Å². The standard InChI is InChI=1S/C20H19ClN4O2S/c1-12-17(28-20(22-12)13-7-9-15(21)10-8-13)19(27)24-23-18(26)14-5-4-6-16(11-14)25(2)3/h4-11H,1-3H3,(H,23,26)(H,24,27). The van der Waals surface area contributed by atoms with Crippen molar-refractivity contribution in [2.75, 3.05) is 19.0 Å². The average Bonchev–Trinajstić information content (AvgIpc) is 3.08. The fourth-order valence-corrected chi connectivity index (χ4v) is 3.58. The summed E-state index contributed by atoms with van der Waals surface area (Å²) in [5.74, 6) is -0.801. The lowest BCUT2D eigenvalue weighted by Crippen LogP contribution is -2.41. The van der Waals surface area contributed by atoms with Crippen molar-refractivity contribution in [3.05, 3.63) is 69.7 Å². The van der Waals surface area contributed by atoms with Gasteiger partial charge >= 0.3 is 0 Å². The van der Waals surface area contributed by atoms with Crippen LogP contribution in [0.5, 0.6) is 0 Å². The minimum Gasteiger partial charge on any atom is -0.378 e. The molecule has 6 nitrogen and oxygen atoms in total. The Labute approximate surface area is 172 Å². The third-order valence-electron chi connectivity index (χ3n) is 4.01. The van der Waals surface area contributed by atoms with E-state index in [9.17, 15) is 9.59 Å². The van der Waals surface area contributed by atoms with E-state index in [1.165, 1.54) is 11.3 Å². The van der Waals surface area contributed by atoms with Crippen molar-refractivity contribution in [2.24, 2.45) is 0 Å². The largest absolute Gasteiger partial charge is 0.378 e. The Hall–Kier alpha value is -2.90. The molecule has 8 heteroatoms. The number of nitrogens with one attached hydrogen (secondary N) is 2. The molecule has 1 heterocycles. The Morgan fingerprint density at radius 1 is 1.04 bits per heavy atom. The van der Waals surface area contributed by atoms with E-state index in [0.717, 1.165) is 11.3 Å². The summed E-state index contributed by atoms with van der Waals surface area (Å²) in [7, 11) is 3.78. The fraction of sp³-hybridized carbons (Fsp3) is 0.150. The minimum absolute atomic E-state index is 0.392. The Bertz CT molecular complexity index is 1020. The van der Waals surface area contributed by atoms with Crippen molar-refractivity contribution in [1.29, 1.82) is 0 Å². The van der Waals surface area contributed by atoms with E-state index >= 15 is 0 Å². The van der Waals surface area contributed by atoms with Gasteiger partial charge in [-0.25, -0.2) is 4.98 Å². The molecule has 2 N–H and O–H groups in total. The Kier molecular flexibility index (Phi) is 5.96. The topological polar surface area (TPSA) is 74.3 Å². The number of aromatic nitrogens is 1. The summed E-state index contributed by atoms with van der Waals surface area (Å²) in [4.78, 5) is 31.6. The highest BCUT2D eigenvalue weighted by molar-refractivity contribution is 7.17. The number of hydrogen-bond acceptors (Lipinski definition) is 5. The van der Waals surface area contributed by atoms with Gasteiger partial charge in [0.2, 0.25) is 0 Å². The number of anilines is 1. The maximum atomic E-state index is 12.5. The first-order valence-corrected chi connectivity index (χ1v) is 9.66. The second-order valence-corrected chi connectivity index (χ2v) is 7.73.